The van der Waals surface area contributed by atoms with Crippen LogP contribution in [0.2, 0.25) is 0 Å². The van der Waals surface area contributed by atoms with Crippen LogP contribution < -0.4 is 11.0 Å². The Morgan fingerprint density at radius 3 is 2.72 bits per heavy atom. The number of H-pyrrole nitrogens is 1. The molecule has 0 aliphatic carbocycles. The molecule has 0 atom stereocenters. The molecule has 0 unspecified atom stereocenters. The van der Waals surface area contributed by atoms with Gasteiger partial charge in [0.15, 0.2) is 0 Å². The second kappa shape index (κ2) is 5.27. The molecule has 0 fully saturated rings. The third kappa shape index (κ3) is 3.04. The second-order valence-electron chi connectivity index (χ2n) is 3.93. The minimum absolute atomic E-state index is 0.230. The number of hydrogen-bond acceptors (Lipinski definition) is 3. The molecule has 5 nitrogen and oxygen atoms in total. The maximum Gasteiger partial charge on any atom is 0.346 e. The second-order valence-corrected chi connectivity index (χ2v) is 3.93. The van der Waals surface area contributed by atoms with Gasteiger partial charge in [-0.1, -0.05) is 30.3 Å². The lowest BCUT2D eigenvalue weighted by atomic mass is 10.1. The minimum atomic E-state index is -0.476. The van der Waals surface area contributed by atoms with Crippen LogP contribution in [-0.4, -0.2) is 15.9 Å². The number of carbonyl (C=O) groups is 1. The molecule has 2 N–H and O–H groups in total. The summed E-state index contributed by atoms with van der Waals surface area (Å²) in [6, 6.07) is 9.76. The maximum absolute atomic E-state index is 11.2. The fraction of sp³-hybridized carbons (Fsp3) is 0.154. The van der Waals surface area contributed by atoms with Crippen molar-refractivity contribution in [3.63, 3.8) is 0 Å². The first kappa shape index (κ1) is 12.0. The lowest BCUT2D eigenvalue weighted by molar-refractivity contribution is -0.114. The van der Waals surface area contributed by atoms with Crippen LogP contribution in [0.5, 0.6) is 0 Å². The van der Waals surface area contributed by atoms with Crippen molar-refractivity contribution in [1.82, 2.24) is 9.97 Å². The fourth-order valence-electron chi connectivity index (χ4n) is 1.66. The summed E-state index contributed by atoms with van der Waals surface area (Å²) in [6.07, 6.45) is 2.08. The minimum Gasteiger partial charge on any atom is -0.312 e. The molecule has 0 bridgehead atoms. The molecule has 1 aromatic carbocycles. The van der Waals surface area contributed by atoms with E-state index in [0.717, 1.165) is 11.1 Å². The molecule has 1 heterocycles. The lowest BCUT2D eigenvalue weighted by Crippen LogP contribution is -2.18. The molecule has 1 amide bonds. The van der Waals surface area contributed by atoms with Gasteiger partial charge >= 0.3 is 5.69 Å². The molecular weight excluding hydrogens is 230 g/mol. The molecule has 92 valence electrons. The molecule has 0 radical (unpaired) electrons. The van der Waals surface area contributed by atoms with E-state index in [9.17, 15) is 9.59 Å². The SMILES string of the molecule is CC(=O)Nc1[nH]c(=O)ncc1Cc1ccccc1. The van der Waals surface area contributed by atoms with Crippen molar-refractivity contribution >= 4 is 11.7 Å². The average molecular weight is 243 g/mol. The number of amides is 1. The molecular formula is C13H13N3O2. The number of nitrogens with one attached hydrogen (secondary N) is 2. The molecule has 0 spiro atoms. The predicted octanol–water partition coefficient (Wildman–Crippen LogP) is 1.32. The van der Waals surface area contributed by atoms with Gasteiger partial charge in [-0.3, -0.25) is 9.78 Å². The molecule has 5 heteroatoms. The van der Waals surface area contributed by atoms with Crippen molar-refractivity contribution in [3.8, 4) is 0 Å². The summed E-state index contributed by atoms with van der Waals surface area (Å²) in [6.45, 7) is 1.39. The number of benzene rings is 1. The third-order valence-electron chi connectivity index (χ3n) is 2.43. The topological polar surface area (TPSA) is 74.8 Å². The van der Waals surface area contributed by atoms with Crippen molar-refractivity contribution in [2.45, 2.75) is 13.3 Å². The smallest absolute Gasteiger partial charge is 0.312 e. The van der Waals surface area contributed by atoms with E-state index in [1.54, 1.807) is 0 Å². The van der Waals surface area contributed by atoms with Crippen LogP contribution in [-0.2, 0) is 11.2 Å². The van der Waals surface area contributed by atoms with Gasteiger partial charge in [0.05, 0.1) is 0 Å². The highest BCUT2D eigenvalue weighted by atomic mass is 16.2. The highest BCUT2D eigenvalue weighted by Crippen LogP contribution is 2.14. The Hall–Kier alpha value is -2.43. The Balaban J connectivity index is 2.32. The maximum atomic E-state index is 11.2. The number of rotatable bonds is 3. The summed E-state index contributed by atoms with van der Waals surface area (Å²) < 4.78 is 0. The summed E-state index contributed by atoms with van der Waals surface area (Å²) in [5.74, 6) is 0.178. The van der Waals surface area contributed by atoms with E-state index in [0.29, 0.717) is 12.2 Å². The van der Waals surface area contributed by atoms with Crippen LogP contribution in [0, 0.1) is 0 Å². The molecule has 0 saturated carbocycles. The highest BCUT2D eigenvalue weighted by Gasteiger charge is 2.06. The summed E-state index contributed by atoms with van der Waals surface area (Å²) in [4.78, 5) is 28.4. The Morgan fingerprint density at radius 1 is 1.33 bits per heavy atom. The molecule has 0 aliphatic rings. The fourth-order valence-corrected chi connectivity index (χ4v) is 1.66. The summed E-state index contributed by atoms with van der Waals surface area (Å²) in [7, 11) is 0. The zero-order chi connectivity index (χ0) is 13.0. The van der Waals surface area contributed by atoms with E-state index in [-0.39, 0.29) is 5.91 Å². The van der Waals surface area contributed by atoms with Crippen LogP contribution >= 0.6 is 0 Å². The van der Waals surface area contributed by atoms with Gasteiger partial charge in [-0.05, 0) is 5.56 Å². The predicted molar refractivity (Wildman–Crippen MR) is 68.4 cm³/mol. The molecule has 0 saturated heterocycles. The first-order valence-corrected chi connectivity index (χ1v) is 5.55. The molecule has 2 rings (SSSR count). The van der Waals surface area contributed by atoms with E-state index >= 15 is 0 Å². The van der Waals surface area contributed by atoms with Crippen molar-refractivity contribution in [2.75, 3.05) is 5.32 Å². The first-order valence-electron chi connectivity index (χ1n) is 5.55. The highest BCUT2D eigenvalue weighted by molar-refractivity contribution is 5.88. The van der Waals surface area contributed by atoms with Gasteiger partial charge in [-0.2, -0.15) is 0 Å². The van der Waals surface area contributed by atoms with Gasteiger partial charge in [0.25, 0.3) is 0 Å². The van der Waals surface area contributed by atoms with Gasteiger partial charge < -0.3 is 5.32 Å². The van der Waals surface area contributed by atoms with Crippen LogP contribution in [0.1, 0.15) is 18.1 Å². The van der Waals surface area contributed by atoms with Crippen molar-refractivity contribution in [1.29, 1.82) is 0 Å². The number of nitrogens with zero attached hydrogens (tertiary/aromatic N) is 1. The Kier molecular flexibility index (Phi) is 3.52. The lowest BCUT2D eigenvalue weighted by Gasteiger charge is -2.08. The molecule has 0 aliphatic heterocycles. The van der Waals surface area contributed by atoms with Crippen LogP contribution in [0.3, 0.4) is 0 Å². The Bertz CT molecular complexity index is 605. The first-order chi connectivity index (χ1) is 8.65. The summed E-state index contributed by atoms with van der Waals surface area (Å²) >= 11 is 0. The molecule has 18 heavy (non-hydrogen) atoms. The van der Waals surface area contributed by atoms with E-state index in [1.165, 1.54) is 13.1 Å². The van der Waals surface area contributed by atoms with E-state index in [2.05, 4.69) is 15.3 Å². The normalized spacial score (nSPS) is 10.1. The van der Waals surface area contributed by atoms with Gasteiger partial charge in [0.1, 0.15) is 5.82 Å². The van der Waals surface area contributed by atoms with Crippen molar-refractivity contribution < 1.29 is 4.79 Å². The van der Waals surface area contributed by atoms with Gasteiger partial charge in [0, 0.05) is 25.1 Å². The Labute approximate surface area is 104 Å². The van der Waals surface area contributed by atoms with Crippen molar-refractivity contribution in [3.05, 3.63) is 58.1 Å². The number of aromatic nitrogens is 2. The van der Waals surface area contributed by atoms with Gasteiger partial charge in [-0.15, -0.1) is 0 Å². The van der Waals surface area contributed by atoms with E-state index < -0.39 is 5.69 Å². The standard InChI is InChI=1S/C13H13N3O2/c1-9(17)15-12-11(8-14-13(18)16-12)7-10-5-3-2-4-6-10/h2-6,8H,7H2,1H3,(H2,14,15,16,17,18). The van der Waals surface area contributed by atoms with Crippen molar-refractivity contribution in [2.24, 2.45) is 0 Å². The van der Waals surface area contributed by atoms with Crippen LogP contribution in [0.25, 0.3) is 0 Å². The number of carbonyl (C=O) groups excluding carboxylic acids is 1. The summed E-state index contributed by atoms with van der Waals surface area (Å²) in [5.41, 5.74) is 1.38. The number of aromatic amines is 1. The largest absolute Gasteiger partial charge is 0.346 e. The average Bonchev–Trinajstić information content (AvgIpc) is 2.33. The van der Waals surface area contributed by atoms with Crippen LogP contribution in [0.4, 0.5) is 5.82 Å². The zero-order valence-corrected chi connectivity index (χ0v) is 9.93. The monoisotopic (exact) mass is 243 g/mol. The van der Waals surface area contributed by atoms with Gasteiger partial charge in [0.2, 0.25) is 5.91 Å². The third-order valence-corrected chi connectivity index (χ3v) is 2.43. The zero-order valence-electron chi connectivity index (χ0n) is 9.93. The molecule has 2 aromatic rings. The number of hydrogen-bond donors (Lipinski definition) is 2. The Morgan fingerprint density at radius 2 is 2.06 bits per heavy atom. The van der Waals surface area contributed by atoms with Gasteiger partial charge in [-0.25, -0.2) is 9.78 Å². The van der Waals surface area contributed by atoms with Crippen LogP contribution in [0.15, 0.2) is 41.3 Å². The number of anilines is 1. The van der Waals surface area contributed by atoms with E-state index in [1.807, 2.05) is 30.3 Å². The summed E-state index contributed by atoms with van der Waals surface area (Å²) in [5, 5.41) is 2.60. The molecule has 1 aromatic heterocycles. The quantitative estimate of drug-likeness (QED) is 0.853. The van der Waals surface area contributed by atoms with E-state index in [4.69, 9.17) is 0 Å².